The van der Waals surface area contributed by atoms with Gasteiger partial charge in [-0.2, -0.15) is 5.10 Å². The SMILES string of the molecule is Cl.O=C(Nc1nccs1)c1ccn(C2CCCNC2)n1. The van der Waals surface area contributed by atoms with E-state index in [1.54, 1.807) is 12.3 Å². The Morgan fingerprint density at radius 3 is 3.15 bits per heavy atom. The largest absolute Gasteiger partial charge is 0.315 e. The molecule has 2 aromatic rings. The van der Waals surface area contributed by atoms with Crippen molar-refractivity contribution in [1.82, 2.24) is 20.1 Å². The van der Waals surface area contributed by atoms with Gasteiger partial charge in [-0.25, -0.2) is 4.98 Å². The summed E-state index contributed by atoms with van der Waals surface area (Å²) >= 11 is 1.39. The average Bonchev–Trinajstić information content (AvgIpc) is 3.10. The highest BCUT2D eigenvalue weighted by Gasteiger charge is 2.17. The van der Waals surface area contributed by atoms with E-state index in [1.165, 1.54) is 11.3 Å². The Kier molecular flexibility index (Phi) is 5.11. The lowest BCUT2D eigenvalue weighted by atomic mass is 10.1. The van der Waals surface area contributed by atoms with Crippen LogP contribution in [-0.4, -0.2) is 33.8 Å². The number of hydrogen-bond donors (Lipinski definition) is 2. The fraction of sp³-hybridized carbons (Fsp3) is 0.417. The van der Waals surface area contributed by atoms with Gasteiger partial charge in [0.1, 0.15) is 0 Å². The van der Waals surface area contributed by atoms with Crippen LogP contribution in [0.2, 0.25) is 0 Å². The Hall–Kier alpha value is -1.44. The molecule has 8 heteroatoms. The van der Waals surface area contributed by atoms with Gasteiger partial charge in [0.2, 0.25) is 0 Å². The molecule has 0 radical (unpaired) electrons. The van der Waals surface area contributed by atoms with Crippen LogP contribution in [-0.2, 0) is 0 Å². The Labute approximate surface area is 127 Å². The van der Waals surface area contributed by atoms with Gasteiger partial charge >= 0.3 is 0 Å². The van der Waals surface area contributed by atoms with Crippen molar-refractivity contribution in [3.63, 3.8) is 0 Å². The molecule has 6 nitrogen and oxygen atoms in total. The topological polar surface area (TPSA) is 71.8 Å². The zero-order valence-corrected chi connectivity index (χ0v) is 12.4. The minimum atomic E-state index is -0.211. The van der Waals surface area contributed by atoms with E-state index >= 15 is 0 Å². The summed E-state index contributed by atoms with van der Waals surface area (Å²) in [5.41, 5.74) is 0.431. The summed E-state index contributed by atoms with van der Waals surface area (Å²) in [5, 5.41) is 12.8. The monoisotopic (exact) mass is 313 g/mol. The number of anilines is 1. The third kappa shape index (κ3) is 3.36. The van der Waals surface area contributed by atoms with Crippen LogP contribution in [0.15, 0.2) is 23.8 Å². The van der Waals surface area contributed by atoms with Gasteiger partial charge in [-0.15, -0.1) is 23.7 Å². The van der Waals surface area contributed by atoms with Crippen molar-refractivity contribution >= 4 is 34.8 Å². The Morgan fingerprint density at radius 1 is 1.55 bits per heavy atom. The number of aromatic nitrogens is 3. The van der Waals surface area contributed by atoms with Gasteiger partial charge in [0, 0.05) is 24.3 Å². The van der Waals surface area contributed by atoms with Crippen LogP contribution in [0.5, 0.6) is 0 Å². The van der Waals surface area contributed by atoms with Gasteiger partial charge in [0.25, 0.3) is 5.91 Å². The van der Waals surface area contributed by atoms with Crippen molar-refractivity contribution in [2.75, 3.05) is 18.4 Å². The summed E-state index contributed by atoms with van der Waals surface area (Å²) in [6.45, 7) is 1.98. The van der Waals surface area contributed by atoms with Crippen molar-refractivity contribution < 1.29 is 4.79 Å². The maximum absolute atomic E-state index is 12.0. The molecule has 0 aromatic carbocycles. The van der Waals surface area contributed by atoms with Crippen LogP contribution in [0.4, 0.5) is 5.13 Å². The molecule has 0 saturated carbocycles. The number of nitrogens with one attached hydrogen (secondary N) is 2. The van der Waals surface area contributed by atoms with E-state index in [-0.39, 0.29) is 18.3 Å². The van der Waals surface area contributed by atoms with Gasteiger partial charge in [-0.05, 0) is 25.5 Å². The summed E-state index contributed by atoms with van der Waals surface area (Å²) < 4.78 is 1.88. The molecule has 1 fully saturated rings. The minimum Gasteiger partial charge on any atom is -0.315 e. The average molecular weight is 314 g/mol. The number of carbonyl (C=O) groups excluding carboxylic acids is 1. The summed E-state index contributed by atoms with van der Waals surface area (Å²) in [4.78, 5) is 16.0. The first-order valence-electron chi connectivity index (χ1n) is 6.29. The van der Waals surface area contributed by atoms with Crippen LogP contribution < -0.4 is 10.6 Å². The first kappa shape index (κ1) is 15.0. The maximum atomic E-state index is 12.0. The van der Waals surface area contributed by atoms with Gasteiger partial charge in [0.15, 0.2) is 10.8 Å². The number of halogens is 1. The van der Waals surface area contributed by atoms with Gasteiger partial charge in [-0.1, -0.05) is 0 Å². The second-order valence-corrected chi connectivity index (χ2v) is 5.37. The highest BCUT2D eigenvalue weighted by atomic mass is 35.5. The fourth-order valence-corrected chi connectivity index (χ4v) is 2.69. The maximum Gasteiger partial charge on any atom is 0.277 e. The fourth-order valence-electron chi connectivity index (χ4n) is 2.17. The Balaban J connectivity index is 0.00000147. The highest BCUT2D eigenvalue weighted by Crippen LogP contribution is 2.16. The molecule has 108 valence electrons. The molecule has 1 aliphatic heterocycles. The van der Waals surface area contributed by atoms with Crippen molar-refractivity contribution in [3.8, 4) is 0 Å². The molecule has 1 unspecified atom stereocenters. The standard InChI is InChI=1S/C12H15N5OS.ClH/c18-11(15-12-14-5-7-19-12)10-3-6-17(16-10)9-2-1-4-13-8-9;/h3,5-7,9,13H,1-2,4,8H2,(H,14,15,18);1H. The van der Waals surface area contributed by atoms with Crippen LogP contribution >= 0.6 is 23.7 Å². The molecule has 1 atom stereocenters. The molecular weight excluding hydrogens is 298 g/mol. The van der Waals surface area contributed by atoms with E-state index in [0.717, 1.165) is 25.9 Å². The highest BCUT2D eigenvalue weighted by molar-refractivity contribution is 7.13. The van der Waals surface area contributed by atoms with E-state index in [2.05, 4.69) is 20.7 Å². The predicted molar refractivity (Wildman–Crippen MR) is 80.7 cm³/mol. The molecule has 3 heterocycles. The van der Waals surface area contributed by atoms with Crippen molar-refractivity contribution in [2.24, 2.45) is 0 Å². The lowest BCUT2D eigenvalue weighted by Gasteiger charge is -2.22. The van der Waals surface area contributed by atoms with Crippen molar-refractivity contribution in [1.29, 1.82) is 0 Å². The van der Waals surface area contributed by atoms with Crippen LogP contribution in [0, 0.1) is 0 Å². The zero-order chi connectivity index (χ0) is 13.1. The molecule has 2 aromatic heterocycles. The number of thiazole rings is 1. The number of carbonyl (C=O) groups is 1. The summed E-state index contributed by atoms with van der Waals surface area (Å²) in [6, 6.07) is 2.09. The van der Waals surface area contributed by atoms with Crippen LogP contribution in [0.3, 0.4) is 0 Å². The molecule has 1 aliphatic rings. The van der Waals surface area contributed by atoms with E-state index in [1.807, 2.05) is 16.3 Å². The minimum absolute atomic E-state index is 0. The third-order valence-corrected chi connectivity index (χ3v) is 3.83. The lowest BCUT2D eigenvalue weighted by molar-refractivity contribution is 0.102. The summed E-state index contributed by atoms with van der Waals surface area (Å²) in [7, 11) is 0. The van der Waals surface area contributed by atoms with E-state index in [0.29, 0.717) is 16.9 Å². The molecule has 0 bridgehead atoms. The Morgan fingerprint density at radius 2 is 2.45 bits per heavy atom. The molecule has 0 aliphatic carbocycles. The lowest BCUT2D eigenvalue weighted by Crippen LogP contribution is -2.32. The molecule has 0 spiro atoms. The second kappa shape index (κ2) is 6.83. The number of amides is 1. The quantitative estimate of drug-likeness (QED) is 0.908. The molecule has 1 amide bonds. The normalized spacial score (nSPS) is 18.3. The van der Waals surface area contributed by atoms with Crippen molar-refractivity contribution in [2.45, 2.75) is 18.9 Å². The number of hydrogen-bond acceptors (Lipinski definition) is 5. The molecule has 3 rings (SSSR count). The number of nitrogens with zero attached hydrogens (tertiary/aromatic N) is 3. The zero-order valence-electron chi connectivity index (χ0n) is 10.8. The second-order valence-electron chi connectivity index (χ2n) is 4.47. The predicted octanol–water partition coefficient (Wildman–Crippen LogP) is 1.94. The smallest absolute Gasteiger partial charge is 0.277 e. The van der Waals surface area contributed by atoms with Gasteiger partial charge in [0.05, 0.1) is 6.04 Å². The first-order chi connectivity index (χ1) is 9.33. The van der Waals surface area contributed by atoms with E-state index in [9.17, 15) is 4.79 Å². The number of rotatable bonds is 3. The van der Waals surface area contributed by atoms with Crippen LogP contribution in [0.1, 0.15) is 29.4 Å². The molecule has 2 N–H and O–H groups in total. The number of piperidine rings is 1. The van der Waals surface area contributed by atoms with Crippen LogP contribution in [0.25, 0.3) is 0 Å². The molecular formula is C12H16ClN5OS. The van der Waals surface area contributed by atoms with E-state index < -0.39 is 0 Å². The summed E-state index contributed by atoms with van der Waals surface area (Å²) in [6.07, 6.45) is 5.77. The Bertz CT molecular complexity index is 550. The molecule has 20 heavy (non-hydrogen) atoms. The van der Waals surface area contributed by atoms with Crippen molar-refractivity contribution in [3.05, 3.63) is 29.5 Å². The van der Waals surface area contributed by atoms with E-state index in [4.69, 9.17) is 0 Å². The first-order valence-corrected chi connectivity index (χ1v) is 7.17. The third-order valence-electron chi connectivity index (χ3n) is 3.14. The molecule has 1 saturated heterocycles. The van der Waals surface area contributed by atoms with Gasteiger partial charge in [-0.3, -0.25) is 14.8 Å². The summed E-state index contributed by atoms with van der Waals surface area (Å²) in [5.74, 6) is -0.211. The van der Waals surface area contributed by atoms with Gasteiger partial charge < -0.3 is 5.32 Å².